The summed E-state index contributed by atoms with van der Waals surface area (Å²) < 4.78 is 0. The number of hydrogen-bond acceptors (Lipinski definition) is 0. The van der Waals surface area contributed by atoms with E-state index in [4.69, 9.17) is 0 Å². The van der Waals surface area contributed by atoms with Gasteiger partial charge in [0, 0.05) is 7.59 Å². The lowest BCUT2D eigenvalue weighted by Gasteiger charge is -2.27. The molecule has 1 rings (SSSR count). The first-order valence-corrected chi connectivity index (χ1v) is 11.9. The molecule has 0 aliphatic heterocycles. The van der Waals surface area contributed by atoms with Gasteiger partial charge in [-0.05, 0) is 0 Å². The Morgan fingerprint density at radius 2 is 1.69 bits per heavy atom. The third-order valence-electron chi connectivity index (χ3n) is 3.38. The molecule has 0 fully saturated rings. The van der Waals surface area contributed by atoms with Crippen molar-refractivity contribution in [3.63, 3.8) is 0 Å². The van der Waals surface area contributed by atoms with Crippen molar-refractivity contribution in [3.05, 3.63) is 30.3 Å². The summed E-state index contributed by atoms with van der Waals surface area (Å²) in [6, 6.07) is 12.5. The zero-order valence-electron chi connectivity index (χ0n) is 9.17. The molecule has 0 saturated carbocycles. The Labute approximate surface area is 84.4 Å². The van der Waals surface area contributed by atoms with Gasteiger partial charge in [0.1, 0.15) is 0 Å². The fourth-order valence-corrected chi connectivity index (χ4v) is 8.93. The molecule has 0 amide bonds. The van der Waals surface area contributed by atoms with Crippen LogP contribution in [0.2, 0.25) is 25.7 Å². The molecular weight excluding hydrogens is 188 g/mol. The zero-order chi connectivity index (χ0) is 9.90. The minimum Gasteiger partial charge on any atom is -0.0712 e. The average molecular weight is 208 g/mol. The molecule has 1 unspecified atom stereocenters. The highest BCUT2D eigenvalue weighted by Gasteiger charge is 2.28. The SMILES string of the molecule is CC[Si](C)(C)[SiH](C)c1ccccc1. The summed E-state index contributed by atoms with van der Waals surface area (Å²) in [5.74, 6) is 0. The minimum absolute atomic E-state index is 0.631. The van der Waals surface area contributed by atoms with Gasteiger partial charge in [-0.25, -0.2) is 0 Å². The molecule has 1 aromatic carbocycles. The van der Waals surface area contributed by atoms with Crippen LogP contribution < -0.4 is 5.19 Å². The van der Waals surface area contributed by atoms with E-state index in [-0.39, 0.29) is 0 Å². The molecule has 0 aliphatic carbocycles. The van der Waals surface area contributed by atoms with Crippen molar-refractivity contribution in [2.24, 2.45) is 0 Å². The third-order valence-corrected chi connectivity index (χ3v) is 18.2. The van der Waals surface area contributed by atoms with Crippen LogP contribution in [0.25, 0.3) is 0 Å². The highest BCUT2D eigenvalue weighted by atomic mass is 29.2. The molecule has 0 aromatic heterocycles. The minimum atomic E-state index is -0.883. The summed E-state index contributed by atoms with van der Waals surface area (Å²) in [7, 11) is -1.51. The lowest BCUT2D eigenvalue weighted by Crippen LogP contribution is -2.50. The van der Waals surface area contributed by atoms with Gasteiger partial charge in [0.2, 0.25) is 0 Å². The normalized spacial score (nSPS) is 14.2. The summed E-state index contributed by atoms with van der Waals surface area (Å²) in [5.41, 5.74) is 0. The Balaban J connectivity index is 2.85. The number of benzene rings is 1. The first kappa shape index (κ1) is 10.7. The Kier molecular flexibility index (Phi) is 3.50. The molecule has 0 aliphatic rings. The van der Waals surface area contributed by atoms with Crippen LogP contribution in [0.15, 0.2) is 30.3 Å². The Bertz CT molecular complexity index is 254. The highest BCUT2D eigenvalue weighted by Crippen LogP contribution is 2.12. The Hall–Kier alpha value is -0.346. The van der Waals surface area contributed by atoms with Crippen LogP contribution in [-0.2, 0) is 0 Å². The third kappa shape index (κ3) is 2.55. The second-order valence-electron chi connectivity index (χ2n) is 4.47. The van der Waals surface area contributed by atoms with E-state index in [9.17, 15) is 0 Å². The van der Waals surface area contributed by atoms with Gasteiger partial charge in [-0.3, -0.25) is 0 Å². The molecule has 0 nitrogen and oxygen atoms in total. The van der Waals surface area contributed by atoms with Crippen LogP contribution in [0.4, 0.5) is 0 Å². The maximum atomic E-state index is 2.54. The molecular formula is C11H20Si2. The maximum Gasteiger partial charge on any atom is 0.0617 e. The van der Waals surface area contributed by atoms with Gasteiger partial charge in [-0.2, -0.15) is 0 Å². The van der Waals surface area contributed by atoms with Gasteiger partial charge in [-0.15, -0.1) is 0 Å². The van der Waals surface area contributed by atoms with Crippen molar-refractivity contribution < 1.29 is 0 Å². The summed E-state index contributed by atoms with van der Waals surface area (Å²) in [6.45, 7) is 9.96. The van der Waals surface area contributed by atoms with Crippen LogP contribution in [0.1, 0.15) is 6.92 Å². The number of rotatable bonds is 3. The predicted octanol–water partition coefficient (Wildman–Crippen LogP) is 2.56. The molecule has 1 atom stereocenters. The summed E-state index contributed by atoms with van der Waals surface area (Å²) in [5, 5.41) is 1.65. The summed E-state index contributed by atoms with van der Waals surface area (Å²) >= 11 is 0. The fourth-order valence-electron chi connectivity index (χ4n) is 1.50. The van der Waals surface area contributed by atoms with E-state index in [1.165, 1.54) is 6.04 Å². The Morgan fingerprint density at radius 1 is 1.15 bits per heavy atom. The van der Waals surface area contributed by atoms with E-state index in [0.29, 0.717) is 0 Å². The van der Waals surface area contributed by atoms with Gasteiger partial charge in [-0.1, -0.05) is 68.1 Å². The molecule has 0 saturated heterocycles. The molecule has 0 N–H and O–H groups in total. The van der Waals surface area contributed by atoms with Crippen molar-refractivity contribution in [3.8, 4) is 0 Å². The maximum absolute atomic E-state index is 2.54. The molecule has 0 radical (unpaired) electrons. The van der Waals surface area contributed by atoms with Gasteiger partial charge >= 0.3 is 0 Å². The monoisotopic (exact) mass is 208 g/mol. The first-order chi connectivity index (χ1) is 6.08. The van der Waals surface area contributed by atoms with Crippen molar-refractivity contribution in [2.75, 3.05) is 0 Å². The van der Waals surface area contributed by atoms with Gasteiger partial charge in [0.05, 0.1) is 8.31 Å². The van der Waals surface area contributed by atoms with E-state index in [0.717, 1.165) is 0 Å². The topological polar surface area (TPSA) is 0 Å². The highest BCUT2D eigenvalue weighted by molar-refractivity contribution is 7.36. The predicted molar refractivity (Wildman–Crippen MR) is 67.1 cm³/mol. The molecule has 72 valence electrons. The molecule has 1 aromatic rings. The van der Waals surface area contributed by atoms with E-state index >= 15 is 0 Å². The lowest BCUT2D eigenvalue weighted by molar-refractivity contribution is 1.39. The van der Waals surface area contributed by atoms with E-state index in [1.54, 1.807) is 5.19 Å². The van der Waals surface area contributed by atoms with Gasteiger partial charge < -0.3 is 0 Å². The van der Waals surface area contributed by atoms with Crippen molar-refractivity contribution in [1.82, 2.24) is 0 Å². The van der Waals surface area contributed by atoms with Gasteiger partial charge in [0.15, 0.2) is 0 Å². The average Bonchev–Trinajstić information content (AvgIpc) is 2.18. The smallest absolute Gasteiger partial charge is 0.0617 e. The van der Waals surface area contributed by atoms with E-state index < -0.39 is 15.9 Å². The van der Waals surface area contributed by atoms with Crippen LogP contribution in [0.5, 0.6) is 0 Å². The van der Waals surface area contributed by atoms with Crippen molar-refractivity contribution in [2.45, 2.75) is 32.6 Å². The molecule has 0 spiro atoms. The quantitative estimate of drug-likeness (QED) is 0.670. The van der Waals surface area contributed by atoms with Gasteiger partial charge in [0.25, 0.3) is 0 Å². The molecule has 13 heavy (non-hydrogen) atoms. The second kappa shape index (κ2) is 4.24. The van der Waals surface area contributed by atoms with E-state index in [1.807, 2.05) is 0 Å². The van der Waals surface area contributed by atoms with E-state index in [2.05, 4.69) is 56.9 Å². The fraction of sp³-hybridized carbons (Fsp3) is 0.455. The first-order valence-electron chi connectivity index (χ1n) is 5.13. The summed E-state index contributed by atoms with van der Waals surface area (Å²) in [4.78, 5) is 0. The Morgan fingerprint density at radius 3 is 2.15 bits per heavy atom. The molecule has 0 heterocycles. The van der Waals surface area contributed by atoms with Crippen LogP contribution >= 0.6 is 0 Å². The number of hydrogen-bond donors (Lipinski definition) is 0. The standard InChI is InChI=1S/C11H20Si2/c1-5-13(3,4)12(2)11-9-7-6-8-10-11/h6-10,12H,5H2,1-4H3. The van der Waals surface area contributed by atoms with Crippen molar-refractivity contribution >= 4 is 21.1 Å². The largest absolute Gasteiger partial charge is 0.0712 e. The van der Waals surface area contributed by atoms with Crippen LogP contribution in [-0.4, -0.2) is 15.9 Å². The van der Waals surface area contributed by atoms with Crippen molar-refractivity contribution in [1.29, 1.82) is 0 Å². The zero-order valence-corrected chi connectivity index (χ0v) is 11.3. The lowest BCUT2D eigenvalue weighted by atomic mass is 10.4. The molecule has 0 bridgehead atoms. The van der Waals surface area contributed by atoms with Crippen LogP contribution in [0, 0.1) is 0 Å². The van der Waals surface area contributed by atoms with Crippen LogP contribution in [0.3, 0.4) is 0 Å². The second-order valence-corrected chi connectivity index (χ2v) is 18.6. The summed E-state index contributed by atoms with van der Waals surface area (Å²) in [6.07, 6.45) is 0. The molecule has 2 heteroatoms.